The lowest BCUT2D eigenvalue weighted by molar-refractivity contribution is -0.149. The summed E-state index contributed by atoms with van der Waals surface area (Å²) in [5.74, 6) is -0.408. The average molecular weight is 351 g/mol. The van der Waals surface area contributed by atoms with Crippen molar-refractivity contribution in [3.63, 3.8) is 0 Å². The highest BCUT2D eigenvalue weighted by atomic mass is 16.6. The number of Topliss-reactive ketones (excluding diaryl/α,β-unsaturated/α-hetero) is 1. The fourth-order valence-corrected chi connectivity index (χ4v) is 2.81. The van der Waals surface area contributed by atoms with Gasteiger partial charge in [0.2, 0.25) is 5.78 Å². The summed E-state index contributed by atoms with van der Waals surface area (Å²) in [5.41, 5.74) is 3.90. The number of nitrogens with zero attached hydrogens (tertiary/aromatic N) is 1. The van der Waals surface area contributed by atoms with Crippen molar-refractivity contribution in [2.75, 3.05) is 6.61 Å². The van der Waals surface area contributed by atoms with Crippen molar-refractivity contribution in [2.24, 2.45) is 0 Å². The second-order valence-corrected chi connectivity index (χ2v) is 6.20. The molecular formula is C21H21NO4. The molecule has 0 aliphatic carbocycles. The van der Waals surface area contributed by atoms with Crippen molar-refractivity contribution in [3.8, 4) is 11.8 Å². The molecule has 2 rings (SSSR count). The summed E-state index contributed by atoms with van der Waals surface area (Å²) in [4.78, 5) is 24.5. The maximum absolute atomic E-state index is 12.4. The quantitative estimate of drug-likeness (QED) is 0.586. The van der Waals surface area contributed by atoms with Gasteiger partial charge < -0.3 is 9.47 Å². The SMILES string of the molecule is Cc1cc(C)c(C(=O)COC(=O)[C@@H](C)Oc2ccc(C#N)cc2)c(C)c1. The first-order valence-corrected chi connectivity index (χ1v) is 8.26. The summed E-state index contributed by atoms with van der Waals surface area (Å²) >= 11 is 0. The van der Waals surface area contributed by atoms with E-state index in [4.69, 9.17) is 14.7 Å². The third-order valence-corrected chi connectivity index (χ3v) is 3.93. The van der Waals surface area contributed by atoms with E-state index in [1.165, 1.54) is 0 Å². The Morgan fingerprint density at radius 1 is 1.08 bits per heavy atom. The summed E-state index contributed by atoms with van der Waals surface area (Å²) in [6, 6.07) is 12.3. The second-order valence-electron chi connectivity index (χ2n) is 6.20. The molecule has 134 valence electrons. The predicted molar refractivity (Wildman–Crippen MR) is 97.2 cm³/mol. The highest BCUT2D eigenvalue weighted by Crippen LogP contribution is 2.18. The van der Waals surface area contributed by atoms with Gasteiger partial charge in [0.15, 0.2) is 12.7 Å². The third kappa shape index (κ3) is 4.70. The lowest BCUT2D eigenvalue weighted by Crippen LogP contribution is -2.28. The number of nitriles is 1. The minimum Gasteiger partial charge on any atom is -0.479 e. The zero-order valence-electron chi connectivity index (χ0n) is 15.3. The van der Waals surface area contributed by atoms with Gasteiger partial charge in [0.25, 0.3) is 0 Å². The Labute approximate surface area is 153 Å². The van der Waals surface area contributed by atoms with Crippen molar-refractivity contribution in [1.29, 1.82) is 5.26 Å². The summed E-state index contributed by atoms with van der Waals surface area (Å²) in [7, 11) is 0. The molecular weight excluding hydrogens is 330 g/mol. The van der Waals surface area contributed by atoms with Crippen LogP contribution in [0.1, 0.15) is 39.5 Å². The van der Waals surface area contributed by atoms with Crippen LogP contribution in [-0.4, -0.2) is 24.5 Å². The Morgan fingerprint density at radius 2 is 1.65 bits per heavy atom. The van der Waals surface area contributed by atoms with Crippen molar-refractivity contribution < 1.29 is 19.1 Å². The topological polar surface area (TPSA) is 76.4 Å². The summed E-state index contributed by atoms with van der Waals surface area (Å²) in [6.07, 6.45) is -0.865. The van der Waals surface area contributed by atoms with Crippen molar-refractivity contribution in [3.05, 3.63) is 64.2 Å². The van der Waals surface area contributed by atoms with Crippen LogP contribution in [-0.2, 0) is 9.53 Å². The highest BCUT2D eigenvalue weighted by Gasteiger charge is 2.20. The number of esters is 1. The summed E-state index contributed by atoms with van der Waals surface area (Å²) in [6.45, 7) is 6.92. The molecule has 0 unspecified atom stereocenters. The zero-order chi connectivity index (χ0) is 19.3. The van der Waals surface area contributed by atoms with Gasteiger partial charge in [-0.25, -0.2) is 4.79 Å². The van der Waals surface area contributed by atoms with Crippen LogP contribution in [0, 0.1) is 32.1 Å². The molecule has 5 heteroatoms. The molecule has 2 aromatic rings. The van der Waals surface area contributed by atoms with Gasteiger partial charge in [-0.3, -0.25) is 4.79 Å². The summed E-state index contributed by atoms with van der Waals surface area (Å²) in [5, 5.41) is 8.77. The summed E-state index contributed by atoms with van der Waals surface area (Å²) < 4.78 is 10.6. The fraction of sp³-hybridized carbons (Fsp3) is 0.286. The second kappa shape index (κ2) is 8.30. The smallest absolute Gasteiger partial charge is 0.347 e. The van der Waals surface area contributed by atoms with Crippen LogP contribution in [0.25, 0.3) is 0 Å². The van der Waals surface area contributed by atoms with E-state index in [0.29, 0.717) is 16.9 Å². The highest BCUT2D eigenvalue weighted by molar-refractivity contribution is 6.00. The molecule has 0 bridgehead atoms. The van der Waals surface area contributed by atoms with Gasteiger partial charge in [-0.1, -0.05) is 17.7 Å². The van der Waals surface area contributed by atoms with Gasteiger partial charge in [-0.2, -0.15) is 5.26 Å². The van der Waals surface area contributed by atoms with Crippen LogP contribution in [0.15, 0.2) is 36.4 Å². The molecule has 5 nitrogen and oxygen atoms in total. The number of rotatable bonds is 6. The molecule has 0 aromatic heterocycles. The molecule has 0 amide bonds. The first-order valence-electron chi connectivity index (χ1n) is 8.26. The van der Waals surface area contributed by atoms with Gasteiger partial charge >= 0.3 is 5.97 Å². The van der Waals surface area contributed by atoms with Gasteiger partial charge in [0.1, 0.15) is 5.75 Å². The van der Waals surface area contributed by atoms with Crippen LogP contribution < -0.4 is 4.74 Å². The first-order chi connectivity index (χ1) is 12.3. The molecule has 0 heterocycles. The predicted octanol–water partition coefficient (Wildman–Crippen LogP) is 3.68. The van der Waals surface area contributed by atoms with E-state index in [-0.39, 0.29) is 12.4 Å². The lowest BCUT2D eigenvalue weighted by Gasteiger charge is -2.15. The number of hydrogen-bond donors (Lipinski definition) is 0. The van der Waals surface area contributed by atoms with Crippen LogP contribution in [0.4, 0.5) is 0 Å². The standard InChI is InChI=1S/C21H21NO4/c1-13-9-14(2)20(15(3)10-13)19(23)12-25-21(24)16(4)26-18-7-5-17(11-22)6-8-18/h5-10,16H,12H2,1-4H3/t16-/m1/s1. The van der Waals surface area contributed by atoms with Crippen LogP contribution >= 0.6 is 0 Å². The van der Waals surface area contributed by atoms with Gasteiger partial charge in [0, 0.05) is 5.56 Å². The van der Waals surface area contributed by atoms with E-state index >= 15 is 0 Å². The van der Waals surface area contributed by atoms with Crippen LogP contribution in [0.5, 0.6) is 5.75 Å². The Bertz CT molecular complexity index is 840. The molecule has 0 N–H and O–H groups in total. The Kier molecular flexibility index (Phi) is 6.13. The average Bonchev–Trinajstić information content (AvgIpc) is 2.59. The number of hydrogen-bond acceptors (Lipinski definition) is 5. The minimum absolute atomic E-state index is 0.237. The Morgan fingerprint density at radius 3 is 2.19 bits per heavy atom. The van der Waals surface area contributed by atoms with Gasteiger partial charge in [0.05, 0.1) is 11.6 Å². The molecule has 0 radical (unpaired) electrons. The lowest BCUT2D eigenvalue weighted by atomic mass is 9.97. The molecule has 2 aromatic carbocycles. The molecule has 0 saturated heterocycles. The van der Waals surface area contributed by atoms with E-state index in [1.54, 1.807) is 31.2 Å². The molecule has 0 spiro atoms. The van der Waals surface area contributed by atoms with Crippen molar-refractivity contribution >= 4 is 11.8 Å². The first kappa shape index (κ1) is 19.2. The number of ketones is 1. The van der Waals surface area contributed by atoms with Gasteiger partial charge in [-0.15, -0.1) is 0 Å². The number of carbonyl (C=O) groups is 2. The van der Waals surface area contributed by atoms with Gasteiger partial charge in [-0.05, 0) is 63.1 Å². The normalized spacial score (nSPS) is 11.3. The fourth-order valence-electron chi connectivity index (χ4n) is 2.81. The van der Waals surface area contributed by atoms with Crippen LogP contribution in [0.3, 0.4) is 0 Å². The van der Waals surface area contributed by atoms with E-state index in [1.807, 2.05) is 39.0 Å². The van der Waals surface area contributed by atoms with Crippen LogP contribution in [0.2, 0.25) is 0 Å². The van der Waals surface area contributed by atoms with E-state index in [9.17, 15) is 9.59 Å². The van der Waals surface area contributed by atoms with E-state index < -0.39 is 12.1 Å². The molecule has 0 aliphatic heterocycles. The monoisotopic (exact) mass is 351 g/mol. The minimum atomic E-state index is -0.865. The van der Waals surface area contributed by atoms with E-state index in [2.05, 4.69) is 0 Å². The third-order valence-electron chi connectivity index (χ3n) is 3.93. The zero-order valence-corrected chi connectivity index (χ0v) is 15.3. The molecule has 0 aliphatic rings. The maximum Gasteiger partial charge on any atom is 0.347 e. The molecule has 0 fully saturated rings. The number of carbonyl (C=O) groups excluding carboxylic acids is 2. The maximum atomic E-state index is 12.4. The number of benzene rings is 2. The Hall–Kier alpha value is -3.13. The largest absolute Gasteiger partial charge is 0.479 e. The molecule has 1 atom stereocenters. The van der Waals surface area contributed by atoms with Crippen molar-refractivity contribution in [2.45, 2.75) is 33.8 Å². The molecule has 26 heavy (non-hydrogen) atoms. The van der Waals surface area contributed by atoms with Crippen molar-refractivity contribution in [1.82, 2.24) is 0 Å². The number of ether oxygens (including phenoxy) is 2. The molecule has 0 saturated carbocycles. The Balaban J connectivity index is 1.95. The number of aryl methyl sites for hydroxylation is 3. The van der Waals surface area contributed by atoms with E-state index in [0.717, 1.165) is 16.7 Å².